The molecule has 4 heterocycles. The minimum atomic E-state index is 0.832. The summed E-state index contributed by atoms with van der Waals surface area (Å²) in [5, 5.41) is 0. The van der Waals surface area contributed by atoms with Crippen molar-refractivity contribution in [3.8, 4) is 22.6 Å². The number of imidazole rings is 1. The Morgan fingerprint density at radius 3 is 2.45 bits per heavy atom. The molecule has 0 aliphatic rings. The van der Waals surface area contributed by atoms with Crippen LogP contribution in [0.3, 0.4) is 0 Å². The van der Waals surface area contributed by atoms with Crippen molar-refractivity contribution in [1.82, 2.24) is 24.3 Å². The minimum absolute atomic E-state index is 0.832. The highest BCUT2D eigenvalue weighted by Gasteiger charge is 2.11. The molecule has 0 aliphatic heterocycles. The number of fused-ring (bicyclic) bond motifs is 1. The van der Waals surface area contributed by atoms with Gasteiger partial charge in [-0.15, -0.1) is 0 Å². The SMILES string of the molecule is Cc1cc(-c2ncc(CCc3nccn4c(-c5ccccc5)ncc34)cc2C)ccn1. The van der Waals surface area contributed by atoms with Gasteiger partial charge in [-0.3, -0.25) is 19.4 Å². The molecule has 0 saturated heterocycles. The van der Waals surface area contributed by atoms with Gasteiger partial charge in [-0.2, -0.15) is 0 Å². The van der Waals surface area contributed by atoms with E-state index in [1.54, 1.807) is 0 Å². The lowest BCUT2D eigenvalue weighted by atomic mass is 10.0. The van der Waals surface area contributed by atoms with Crippen LogP contribution in [0.2, 0.25) is 0 Å². The highest BCUT2D eigenvalue weighted by atomic mass is 15.0. The van der Waals surface area contributed by atoms with E-state index in [1.807, 2.05) is 62.2 Å². The van der Waals surface area contributed by atoms with E-state index >= 15 is 0 Å². The van der Waals surface area contributed by atoms with Crippen LogP contribution in [-0.2, 0) is 12.8 Å². The average Bonchev–Trinajstić information content (AvgIpc) is 3.23. The summed E-state index contributed by atoms with van der Waals surface area (Å²) in [6.07, 6.45) is 11.3. The monoisotopic (exact) mass is 405 g/mol. The molecule has 0 unspecified atom stereocenters. The highest BCUT2D eigenvalue weighted by molar-refractivity contribution is 5.64. The Bertz CT molecular complexity index is 1360. The van der Waals surface area contributed by atoms with Crippen LogP contribution in [0.1, 0.15) is 22.5 Å². The fourth-order valence-electron chi connectivity index (χ4n) is 4.00. The van der Waals surface area contributed by atoms with Gasteiger partial charge in [0.1, 0.15) is 5.82 Å². The summed E-state index contributed by atoms with van der Waals surface area (Å²) in [4.78, 5) is 18.3. The van der Waals surface area contributed by atoms with E-state index in [0.717, 1.165) is 52.4 Å². The smallest absolute Gasteiger partial charge is 0.144 e. The fourth-order valence-corrected chi connectivity index (χ4v) is 4.00. The van der Waals surface area contributed by atoms with Gasteiger partial charge in [0.2, 0.25) is 0 Å². The van der Waals surface area contributed by atoms with Gasteiger partial charge in [-0.05, 0) is 49.9 Å². The molecule has 0 bridgehead atoms. The molecule has 0 spiro atoms. The van der Waals surface area contributed by atoms with Gasteiger partial charge in [-0.25, -0.2) is 4.98 Å². The standard InChI is InChI=1S/C26H23N5/c1-18-14-20(16-29-25(18)22-10-11-27-19(2)15-22)8-9-23-24-17-30-26(31(24)13-12-28-23)21-6-4-3-5-7-21/h3-7,10-17H,8-9H2,1-2H3. The number of rotatable bonds is 5. The van der Waals surface area contributed by atoms with E-state index in [1.165, 1.54) is 11.1 Å². The summed E-state index contributed by atoms with van der Waals surface area (Å²) in [5.41, 5.74) is 8.69. The second-order valence-corrected chi connectivity index (χ2v) is 7.77. The van der Waals surface area contributed by atoms with Crippen LogP contribution >= 0.6 is 0 Å². The maximum absolute atomic E-state index is 4.74. The number of nitrogens with zero attached hydrogens (tertiary/aromatic N) is 5. The summed E-state index contributed by atoms with van der Waals surface area (Å²) in [5.74, 6) is 0.939. The van der Waals surface area contributed by atoms with Crippen LogP contribution in [0.4, 0.5) is 0 Å². The second-order valence-electron chi connectivity index (χ2n) is 7.77. The minimum Gasteiger partial charge on any atom is -0.296 e. The Morgan fingerprint density at radius 2 is 1.65 bits per heavy atom. The van der Waals surface area contributed by atoms with Crippen LogP contribution in [-0.4, -0.2) is 24.3 Å². The van der Waals surface area contributed by atoms with Crippen molar-refractivity contribution in [2.24, 2.45) is 0 Å². The summed E-state index contributed by atoms with van der Waals surface area (Å²) in [6, 6.07) is 16.5. The third-order valence-corrected chi connectivity index (χ3v) is 5.53. The van der Waals surface area contributed by atoms with E-state index in [4.69, 9.17) is 4.98 Å². The van der Waals surface area contributed by atoms with Crippen LogP contribution < -0.4 is 0 Å². The van der Waals surface area contributed by atoms with Crippen LogP contribution in [0, 0.1) is 13.8 Å². The maximum Gasteiger partial charge on any atom is 0.144 e. The molecule has 4 aromatic heterocycles. The zero-order valence-electron chi connectivity index (χ0n) is 17.7. The molecule has 5 rings (SSSR count). The van der Waals surface area contributed by atoms with E-state index < -0.39 is 0 Å². The number of pyridine rings is 2. The van der Waals surface area contributed by atoms with Gasteiger partial charge in [0.15, 0.2) is 0 Å². The van der Waals surface area contributed by atoms with E-state index in [0.29, 0.717) is 0 Å². The molecule has 0 aliphatic carbocycles. The van der Waals surface area contributed by atoms with Gasteiger partial charge in [0.05, 0.1) is 23.1 Å². The molecule has 5 heteroatoms. The fraction of sp³-hybridized carbons (Fsp3) is 0.154. The molecule has 5 aromatic rings. The van der Waals surface area contributed by atoms with Gasteiger partial charge in [-0.1, -0.05) is 36.4 Å². The first kappa shape index (κ1) is 19.1. The zero-order chi connectivity index (χ0) is 21.2. The lowest BCUT2D eigenvalue weighted by Gasteiger charge is -2.09. The van der Waals surface area contributed by atoms with Crippen molar-refractivity contribution < 1.29 is 0 Å². The summed E-state index contributed by atoms with van der Waals surface area (Å²) < 4.78 is 2.12. The van der Waals surface area contributed by atoms with Crippen molar-refractivity contribution in [3.63, 3.8) is 0 Å². The van der Waals surface area contributed by atoms with Crippen molar-refractivity contribution in [2.75, 3.05) is 0 Å². The van der Waals surface area contributed by atoms with E-state index in [-0.39, 0.29) is 0 Å². The molecule has 31 heavy (non-hydrogen) atoms. The first-order valence-corrected chi connectivity index (χ1v) is 10.4. The predicted octanol–water partition coefficient (Wildman–Crippen LogP) is 5.26. The molecule has 0 N–H and O–H groups in total. The molecule has 0 fully saturated rings. The van der Waals surface area contributed by atoms with Crippen LogP contribution in [0.5, 0.6) is 0 Å². The topological polar surface area (TPSA) is 56.0 Å². The molecular weight excluding hydrogens is 382 g/mol. The number of benzene rings is 1. The number of hydrogen-bond donors (Lipinski definition) is 0. The third-order valence-electron chi connectivity index (χ3n) is 5.53. The van der Waals surface area contributed by atoms with Crippen LogP contribution in [0.15, 0.2) is 79.5 Å². The van der Waals surface area contributed by atoms with E-state index in [9.17, 15) is 0 Å². The molecule has 5 nitrogen and oxygen atoms in total. The first-order valence-electron chi connectivity index (χ1n) is 10.4. The van der Waals surface area contributed by atoms with Crippen molar-refractivity contribution >= 4 is 5.52 Å². The van der Waals surface area contributed by atoms with Gasteiger partial charge < -0.3 is 0 Å². The number of aromatic nitrogens is 5. The summed E-state index contributed by atoms with van der Waals surface area (Å²) in [6.45, 7) is 4.12. The van der Waals surface area contributed by atoms with E-state index in [2.05, 4.69) is 50.5 Å². The Kier molecular flexibility index (Phi) is 5.00. The third kappa shape index (κ3) is 3.82. The van der Waals surface area contributed by atoms with Crippen molar-refractivity contribution in [2.45, 2.75) is 26.7 Å². The molecule has 0 saturated carbocycles. The number of hydrogen-bond acceptors (Lipinski definition) is 4. The Labute approximate surface area is 181 Å². The lowest BCUT2D eigenvalue weighted by Crippen LogP contribution is -2.00. The highest BCUT2D eigenvalue weighted by Crippen LogP contribution is 2.24. The van der Waals surface area contributed by atoms with Gasteiger partial charge in [0.25, 0.3) is 0 Å². The molecule has 152 valence electrons. The quantitative estimate of drug-likeness (QED) is 0.400. The maximum atomic E-state index is 4.74. The largest absolute Gasteiger partial charge is 0.296 e. The molecule has 1 aromatic carbocycles. The Balaban J connectivity index is 1.39. The number of aryl methyl sites for hydroxylation is 4. The molecule has 0 atom stereocenters. The van der Waals surface area contributed by atoms with Crippen molar-refractivity contribution in [3.05, 3.63) is 102 Å². The molecule has 0 amide bonds. The Hall–Kier alpha value is -3.86. The molecule has 0 radical (unpaired) electrons. The normalized spacial score (nSPS) is 11.2. The van der Waals surface area contributed by atoms with Gasteiger partial charge in [0, 0.05) is 41.6 Å². The van der Waals surface area contributed by atoms with Crippen molar-refractivity contribution in [1.29, 1.82) is 0 Å². The first-order chi connectivity index (χ1) is 15.2. The van der Waals surface area contributed by atoms with Crippen LogP contribution in [0.25, 0.3) is 28.2 Å². The van der Waals surface area contributed by atoms with Gasteiger partial charge >= 0.3 is 0 Å². The summed E-state index contributed by atoms with van der Waals surface area (Å²) in [7, 11) is 0. The second kappa shape index (κ2) is 8.11. The Morgan fingerprint density at radius 1 is 0.774 bits per heavy atom. The predicted molar refractivity (Wildman–Crippen MR) is 123 cm³/mol. The average molecular weight is 406 g/mol. The summed E-state index contributed by atoms with van der Waals surface area (Å²) >= 11 is 0. The zero-order valence-corrected chi connectivity index (χ0v) is 17.7. The molecular formula is C26H23N5. The lowest BCUT2D eigenvalue weighted by molar-refractivity contribution is 0.900.